The normalized spacial score (nSPS) is 15.8. The van der Waals surface area contributed by atoms with Crippen molar-refractivity contribution in [1.29, 1.82) is 5.26 Å². The Morgan fingerprint density at radius 3 is 2.62 bits per heavy atom. The topological polar surface area (TPSA) is 61.6 Å². The van der Waals surface area contributed by atoms with Gasteiger partial charge < -0.3 is 5.32 Å². The van der Waals surface area contributed by atoms with E-state index in [0.717, 1.165) is 30.1 Å². The van der Waals surface area contributed by atoms with Crippen molar-refractivity contribution in [3.8, 4) is 6.07 Å². The minimum absolute atomic E-state index is 0.138. The van der Waals surface area contributed by atoms with Crippen LogP contribution in [0.1, 0.15) is 30.7 Å². The Hall–Kier alpha value is -2.12. The maximum Gasteiger partial charge on any atom is 0.232 e. The summed E-state index contributed by atoms with van der Waals surface area (Å²) in [6.45, 7) is 0.822. The summed E-state index contributed by atoms with van der Waals surface area (Å²) in [5.41, 5.74) is 2.25. The van der Waals surface area contributed by atoms with Crippen LogP contribution in [-0.4, -0.2) is 16.5 Å². The van der Waals surface area contributed by atoms with Crippen molar-refractivity contribution in [3.63, 3.8) is 0 Å². The zero-order valence-corrected chi connectivity index (χ0v) is 12.3. The SMILES string of the molecule is N#Cc1ncc(NCC2(c3cccc(Cl)c3)CCC2)cn1. The molecule has 1 N–H and O–H groups in total. The van der Waals surface area contributed by atoms with E-state index in [9.17, 15) is 0 Å². The number of hydrogen-bond acceptors (Lipinski definition) is 4. The van der Waals surface area contributed by atoms with Crippen molar-refractivity contribution in [2.75, 3.05) is 11.9 Å². The van der Waals surface area contributed by atoms with Crippen LogP contribution in [0, 0.1) is 11.3 Å². The van der Waals surface area contributed by atoms with Crippen LogP contribution in [0.15, 0.2) is 36.7 Å². The molecule has 0 spiro atoms. The monoisotopic (exact) mass is 298 g/mol. The molecule has 0 amide bonds. The average Bonchev–Trinajstić information content (AvgIpc) is 2.47. The van der Waals surface area contributed by atoms with Crippen LogP contribution in [0.5, 0.6) is 0 Å². The Balaban J connectivity index is 1.74. The highest BCUT2D eigenvalue weighted by Crippen LogP contribution is 2.44. The number of halogens is 1. The zero-order valence-electron chi connectivity index (χ0n) is 11.5. The number of aromatic nitrogens is 2. The number of nitrogens with one attached hydrogen (secondary N) is 1. The molecule has 0 saturated heterocycles. The van der Waals surface area contributed by atoms with Gasteiger partial charge in [0.25, 0.3) is 0 Å². The molecule has 0 atom stereocenters. The van der Waals surface area contributed by atoms with Gasteiger partial charge in [-0.3, -0.25) is 0 Å². The van der Waals surface area contributed by atoms with Crippen LogP contribution >= 0.6 is 11.6 Å². The van der Waals surface area contributed by atoms with Crippen molar-refractivity contribution in [2.45, 2.75) is 24.7 Å². The molecular weight excluding hydrogens is 284 g/mol. The highest BCUT2D eigenvalue weighted by atomic mass is 35.5. The van der Waals surface area contributed by atoms with E-state index >= 15 is 0 Å². The van der Waals surface area contributed by atoms with Gasteiger partial charge in [0.2, 0.25) is 5.82 Å². The maximum absolute atomic E-state index is 8.70. The van der Waals surface area contributed by atoms with E-state index in [2.05, 4.69) is 27.4 Å². The molecule has 0 bridgehead atoms. The Morgan fingerprint density at radius 2 is 2.05 bits per heavy atom. The predicted molar refractivity (Wildman–Crippen MR) is 82.2 cm³/mol. The fraction of sp³-hybridized carbons (Fsp3) is 0.312. The second-order valence-electron chi connectivity index (χ2n) is 5.40. The van der Waals surface area contributed by atoms with E-state index in [1.807, 2.05) is 18.2 Å². The molecule has 1 aromatic heterocycles. The first-order valence-electron chi connectivity index (χ1n) is 6.94. The van der Waals surface area contributed by atoms with Crippen molar-refractivity contribution in [1.82, 2.24) is 9.97 Å². The summed E-state index contributed by atoms with van der Waals surface area (Å²) in [6, 6.07) is 10.0. The zero-order chi connectivity index (χ0) is 14.7. The van der Waals surface area contributed by atoms with E-state index in [1.54, 1.807) is 12.4 Å². The third-order valence-electron chi connectivity index (χ3n) is 4.13. The Morgan fingerprint density at radius 1 is 1.29 bits per heavy atom. The standard InChI is InChI=1S/C16H15ClN4/c17-13-4-1-3-12(7-13)16(5-2-6-16)11-21-14-9-19-15(8-18)20-10-14/h1,3-4,7,9-10,21H,2,5-6,11H2. The molecule has 1 heterocycles. The molecule has 5 heteroatoms. The molecule has 3 rings (SSSR count). The van der Waals surface area contributed by atoms with Gasteiger partial charge in [0, 0.05) is 17.0 Å². The number of anilines is 1. The molecule has 1 saturated carbocycles. The summed E-state index contributed by atoms with van der Waals surface area (Å²) in [6.07, 6.45) is 6.83. The minimum Gasteiger partial charge on any atom is -0.382 e. The molecule has 4 nitrogen and oxygen atoms in total. The van der Waals surface area contributed by atoms with Crippen LogP contribution in [-0.2, 0) is 5.41 Å². The summed E-state index contributed by atoms with van der Waals surface area (Å²) in [5, 5.41) is 12.9. The second kappa shape index (κ2) is 5.71. The molecule has 21 heavy (non-hydrogen) atoms. The van der Waals surface area contributed by atoms with Crippen molar-refractivity contribution in [2.24, 2.45) is 0 Å². The summed E-state index contributed by atoms with van der Waals surface area (Å²) < 4.78 is 0. The third-order valence-corrected chi connectivity index (χ3v) is 4.37. The largest absolute Gasteiger partial charge is 0.382 e. The lowest BCUT2D eigenvalue weighted by atomic mass is 9.64. The van der Waals surface area contributed by atoms with Crippen molar-refractivity contribution < 1.29 is 0 Å². The lowest BCUT2D eigenvalue weighted by molar-refractivity contribution is 0.260. The molecular formula is C16H15ClN4. The molecule has 2 aromatic rings. The predicted octanol–water partition coefficient (Wildman–Crippen LogP) is 3.54. The summed E-state index contributed by atoms with van der Waals surface area (Å²) in [7, 11) is 0. The highest BCUT2D eigenvalue weighted by molar-refractivity contribution is 6.30. The molecule has 1 aromatic carbocycles. The molecule has 1 aliphatic carbocycles. The van der Waals surface area contributed by atoms with E-state index in [1.165, 1.54) is 12.0 Å². The summed E-state index contributed by atoms with van der Waals surface area (Å²) in [5.74, 6) is 0.189. The van der Waals surface area contributed by atoms with E-state index < -0.39 is 0 Å². The molecule has 0 unspecified atom stereocenters. The molecule has 1 aliphatic rings. The first-order valence-corrected chi connectivity index (χ1v) is 7.32. The summed E-state index contributed by atoms with van der Waals surface area (Å²) >= 11 is 6.11. The van der Waals surface area contributed by atoms with Gasteiger partial charge in [0.05, 0.1) is 18.1 Å². The first kappa shape index (κ1) is 13.8. The summed E-state index contributed by atoms with van der Waals surface area (Å²) in [4.78, 5) is 7.95. The highest BCUT2D eigenvalue weighted by Gasteiger charge is 2.38. The van der Waals surface area contributed by atoms with Gasteiger partial charge in [-0.2, -0.15) is 5.26 Å². The van der Waals surface area contributed by atoms with Crippen LogP contribution in [0.25, 0.3) is 0 Å². The molecule has 1 fully saturated rings. The van der Waals surface area contributed by atoms with E-state index in [4.69, 9.17) is 16.9 Å². The van der Waals surface area contributed by atoms with Gasteiger partial charge in [0.15, 0.2) is 0 Å². The smallest absolute Gasteiger partial charge is 0.232 e. The Bertz CT molecular complexity index is 671. The number of hydrogen-bond donors (Lipinski definition) is 1. The van der Waals surface area contributed by atoms with Crippen LogP contribution < -0.4 is 5.32 Å². The van der Waals surface area contributed by atoms with E-state index in [0.29, 0.717) is 0 Å². The van der Waals surface area contributed by atoms with Crippen molar-refractivity contribution in [3.05, 3.63) is 53.1 Å². The minimum atomic E-state index is 0.138. The number of benzene rings is 1. The second-order valence-corrected chi connectivity index (χ2v) is 5.84. The number of nitriles is 1. The first-order chi connectivity index (χ1) is 10.2. The fourth-order valence-corrected chi connectivity index (χ4v) is 2.93. The van der Waals surface area contributed by atoms with E-state index in [-0.39, 0.29) is 11.2 Å². The molecule has 0 aliphatic heterocycles. The Labute approximate surface area is 128 Å². The maximum atomic E-state index is 8.70. The number of nitrogens with zero attached hydrogens (tertiary/aromatic N) is 3. The van der Waals surface area contributed by atoms with Gasteiger partial charge in [-0.25, -0.2) is 9.97 Å². The quantitative estimate of drug-likeness (QED) is 0.938. The van der Waals surface area contributed by atoms with Crippen LogP contribution in [0.3, 0.4) is 0 Å². The Kier molecular flexibility index (Phi) is 3.76. The van der Waals surface area contributed by atoms with Gasteiger partial charge in [-0.05, 0) is 30.5 Å². The van der Waals surface area contributed by atoms with Gasteiger partial charge in [-0.15, -0.1) is 0 Å². The average molecular weight is 299 g/mol. The van der Waals surface area contributed by atoms with Gasteiger partial charge in [-0.1, -0.05) is 30.2 Å². The van der Waals surface area contributed by atoms with Gasteiger partial charge >= 0.3 is 0 Å². The van der Waals surface area contributed by atoms with Crippen LogP contribution in [0.2, 0.25) is 5.02 Å². The molecule has 0 radical (unpaired) electrons. The molecule has 106 valence electrons. The lowest BCUT2D eigenvalue weighted by Gasteiger charge is -2.43. The third kappa shape index (κ3) is 2.84. The lowest BCUT2D eigenvalue weighted by Crippen LogP contribution is -2.41. The van der Waals surface area contributed by atoms with Gasteiger partial charge in [0.1, 0.15) is 6.07 Å². The van der Waals surface area contributed by atoms with Crippen LogP contribution in [0.4, 0.5) is 5.69 Å². The fourth-order valence-electron chi connectivity index (χ4n) is 2.74. The number of rotatable bonds is 4. The van der Waals surface area contributed by atoms with Crippen molar-refractivity contribution >= 4 is 17.3 Å².